The summed E-state index contributed by atoms with van der Waals surface area (Å²) < 4.78 is 0. The van der Waals surface area contributed by atoms with E-state index in [0.29, 0.717) is 5.95 Å². The van der Waals surface area contributed by atoms with Crippen LogP contribution in [-0.2, 0) is 0 Å². The fourth-order valence-electron chi connectivity index (χ4n) is 1.32. The molecule has 1 N–H and O–H groups in total. The Labute approximate surface area is 102 Å². The molecule has 0 amide bonds. The van der Waals surface area contributed by atoms with Crippen LogP contribution in [0.2, 0.25) is 0 Å². The molecule has 17 heavy (non-hydrogen) atoms. The van der Waals surface area contributed by atoms with E-state index in [1.54, 1.807) is 0 Å². The van der Waals surface area contributed by atoms with Gasteiger partial charge in [-0.2, -0.15) is 9.97 Å². The minimum Gasteiger partial charge on any atom is -0.324 e. The highest BCUT2D eigenvalue weighted by atomic mass is 15.2. The molecule has 0 radical (unpaired) electrons. The summed E-state index contributed by atoms with van der Waals surface area (Å²) in [5.41, 5.74) is 0.975. The van der Waals surface area contributed by atoms with Gasteiger partial charge in [-0.1, -0.05) is 32.0 Å². The molecular formula is C13H18N4. The lowest BCUT2D eigenvalue weighted by atomic mass is 10.3. The summed E-state index contributed by atoms with van der Waals surface area (Å²) in [4.78, 5) is 12.5. The molecule has 0 spiro atoms. The molecule has 0 saturated heterocycles. The standard InChI is InChI=1S/C11H12N4.C2H6/c1-8-12-9(2)14-11(13-8)15-10-6-4-3-5-7-10;1-2/h3-7H,1-2H3,(H,12,13,14,15);1-2H3. The van der Waals surface area contributed by atoms with Gasteiger partial charge in [0.2, 0.25) is 5.95 Å². The zero-order valence-electron chi connectivity index (χ0n) is 10.7. The number of aromatic nitrogens is 3. The van der Waals surface area contributed by atoms with Crippen LogP contribution in [0, 0.1) is 13.8 Å². The minimum absolute atomic E-state index is 0.589. The molecule has 0 aliphatic carbocycles. The third kappa shape index (κ3) is 4.18. The van der Waals surface area contributed by atoms with Gasteiger partial charge in [-0.3, -0.25) is 0 Å². The van der Waals surface area contributed by atoms with Gasteiger partial charge in [0.25, 0.3) is 0 Å². The molecule has 0 bridgehead atoms. The van der Waals surface area contributed by atoms with Crippen LogP contribution in [-0.4, -0.2) is 15.0 Å². The van der Waals surface area contributed by atoms with Crippen LogP contribution in [0.3, 0.4) is 0 Å². The lowest BCUT2D eigenvalue weighted by Crippen LogP contribution is -2.02. The summed E-state index contributed by atoms with van der Waals surface area (Å²) in [5, 5.41) is 3.12. The fourth-order valence-corrected chi connectivity index (χ4v) is 1.32. The first-order chi connectivity index (χ1) is 8.24. The van der Waals surface area contributed by atoms with Crippen molar-refractivity contribution in [3.8, 4) is 0 Å². The second-order valence-corrected chi connectivity index (χ2v) is 3.24. The van der Waals surface area contributed by atoms with Crippen molar-refractivity contribution in [2.75, 3.05) is 5.32 Å². The minimum atomic E-state index is 0.589. The predicted molar refractivity (Wildman–Crippen MR) is 70.4 cm³/mol. The van der Waals surface area contributed by atoms with Gasteiger partial charge in [-0.15, -0.1) is 0 Å². The van der Waals surface area contributed by atoms with Crippen molar-refractivity contribution in [1.29, 1.82) is 0 Å². The zero-order valence-corrected chi connectivity index (χ0v) is 10.7. The van der Waals surface area contributed by atoms with E-state index in [1.165, 1.54) is 0 Å². The first-order valence-electron chi connectivity index (χ1n) is 5.75. The van der Waals surface area contributed by atoms with Gasteiger partial charge in [0.05, 0.1) is 0 Å². The molecule has 0 saturated carbocycles. The van der Waals surface area contributed by atoms with E-state index in [4.69, 9.17) is 0 Å². The zero-order chi connectivity index (χ0) is 12.7. The molecule has 2 rings (SSSR count). The molecule has 1 heterocycles. The normalized spacial score (nSPS) is 9.18. The Kier molecular flexibility index (Phi) is 5.07. The molecule has 0 unspecified atom stereocenters. The maximum absolute atomic E-state index is 4.20. The van der Waals surface area contributed by atoms with Gasteiger partial charge < -0.3 is 5.32 Å². The molecular weight excluding hydrogens is 212 g/mol. The molecule has 2 aromatic rings. The van der Waals surface area contributed by atoms with Crippen molar-refractivity contribution >= 4 is 11.6 Å². The Bertz CT molecular complexity index is 434. The van der Waals surface area contributed by atoms with Crippen molar-refractivity contribution in [2.24, 2.45) is 0 Å². The van der Waals surface area contributed by atoms with E-state index < -0.39 is 0 Å². The average Bonchev–Trinajstić information content (AvgIpc) is 2.31. The summed E-state index contributed by atoms with van der Waals surface area (Å²) in [6, 6.07) is 9.82. The van der Waals surface area contributed by atoms with Gasteiger partial charge in [0.1, 0.15) is 11.6 Å². The molecule has 1 aromatic carbocycles. The van der Waals surface area contributed by atoms with E-state index in [2.05, 4.69) is 20.3 Å². The molecule has 90 valence electrons. The van der Waals surface area contributed by atoms with E-state index >= 15 is 0 Å². The second-order valence-electron chi connectivity index (χ2n) is 3.24. The Morgan fingerprint density at radius 3 is 1.88 bits per heavy atom. The van der Waals surface area contributed by atoms with E-state index in [-0.39, 0.29) is 0 Å². The summed E-state index contributed by atoms with van der Waals surface area (Å²) in [5.74, 6) is 2.04. The highest BCUT2D eigenvalue weighted by molar-refractivity contribution is 5.52. The summed E-state index contributed by atoms with van der Waals surface area (Å²) >= 11 is 0. The van der Waals surface area contributed by atoms with Crippen LogP contribution < -0.4 is 5.32 Å². The van der Waals surface area contributed by atoms with E-state index in [9.17, 15) is 0 Å². The Morgan fingerprint density at radius 1 is 0.824 bits per heavy atom. The monoisotopic (exact) mass is 230 g/mol. The topological polar surface area (TPSA) is 50.7 Å². The second kappa shape index (κ2) is 6.58. The van der Waals surface area contributed by atoms with Crippen LogP contribution in [0.1, 0.15) is 25.5 Å². The SMILES string of the molecule is CC.Cc1nc(C)nc(Nc2ccccc2)n1. The van der Waals surface area contributed by atoms with Crippen molar-refractivity contribution in [2.45, 2.75) is 27.7 Å². The van der Waals surface area contributed by atoms with Crippen LogP contribution in [0.5, 0.6) is 0 Å². The van der Waals surface area contributed by atoms with Crippen LogP contribution in [0.15, 0.2) is 30.3 Å². The Morgan fingerprint density at radius 2 is 1.35 bits per heavy atom. The van der Waals surface area contributed by atoms with Crippen LogP contribution >= 0.6 is 0 Å². The molecule has 0 fully saturated rings. The third-order valence-electron chi connectivity index (χ3n) is 1.89. The highest BCUT2D eigenvalue weighted by Crippen LogP contribution is 2.11. The lowest BCUT2D eigenvalue weighted by molar-refractivity contribution is 0.928. The molecule has 0 atom stereocenters. The van der Waals surface area contributed by atoms with Crippen molar-refractivity contribution in [3.63, 3.8) is 0 Å². The van der Waals surface area contributed by atoms with Gasteiger partial charge >= 0.3 is 0 Å². The quantitative estimate of drug-likeness (QED) is 0.860. The van der Waals surface area contributed by atoms with E-state index in [0.717, 1.165) is 17.3 Å². The number of aryl methyl sites for hydroxylation is 2. The number of nitrogens with one attached hydrogen (secondary N) is 1. The number of hydrogen-bond acceptors (Lipinski definition) is 4. The number of hydrogen-bond donors (Lipinski definition) is 1. The predicted octanol–water partition coefficient (Wildman–Crippen LogP) is 3.26. The van der Waals surface area contributed by atoms with Gasteiger partial charge in [-0.05, 0) is 26.0 Å². The molecule has 0 aliphatic heterocycles. The van der Waals surface area contributed by atoms with Crippen molar-refractivity contribution in [3.05, 3.63) is 42.0 Å². The molecule has 1 aromatic heterocycles. The number of para-hydroxylation sites is 1. The Balaban J connectivity index is 0.000000686. The van der Waals surface area contributed by atoms with Gasteiger partial charge in [0.15, 0.2) is 0 Å². The maximum Gasteiger partial charge on any atom is 0.230 e. The molecule has 0 aliphatic rings. The number of benzene rings is 1. The molecule has 4 heteroatoms. The van der Waals surface area contributed by atoms with Crippen molar-refractivity contribution in [1.82, 2.24) is 15.0 Å². The molecule has 4 nitrogen and oxygen atoms in total. The smallest absolute Gasteiger partial charge is 0.230 e. The number of rotatable bonds is 2. The first kappa shape index (κ1) is 13.1. The van der Waals surface area contributed by atoms with Crippen molar-refractivity contribution < 1.29 is 0 Å². The largest absolute Gasteiger partial charge is 0.324 e. The van der Waals surface area contributed by atoms with Crippen LogP contribution in [0.25, 0.3) is 0 Å². The highest BCUT2D eigenvalue weighted by Gasteiger charge is 1.99. The number of anilines is 2. The van der Waals surface area contributed by atoms with Crippen LogP contribution in [0.4, 0.5) is 11.6 Å². The average molecular weight is 230 g/mol. The maximum atomic E-state index is 4.20. The fraction of sp³-hybridized carbons (Fsp3) is 0.308. The third-order valence-corrected chi connectivity index (χ3v) is 1.89. The summed E-state index contributed by atoms with van der Waals surface area (Å²) in [7, 11) is 0. The Hall–Kier alpha value is -1.97. The van der Waals surface area contributed by atoms with E-state index in [1.807, 2.05) is 58.0 Å². The summed E-state index contributed by atoms with van der Waals surface area (Å²) in [6.45, 7) is 7.70. The summed E-state index contributed by atoms with van der Waals surface area (Å²) in [6.07, 6.45) is 0. The first-order valence-corrected chi connectivity index (χ1v) is 5.75. The van der Waals surface area contributed by atoms with Gasteiger partial charge in [0, 0.05) is 5.69 Å². The number of nitrogens with zero attached hydrogens (tertiary/aromatic N) is 3. The lowest BCUT2D eigenvalue weighted by Gasteiger charge is -2.05. The van der Waals surface area contributed by atoms with Gasteiger partial charge in [-0.25, -0.2) is 4.98 Å².